The quantitative estimate of drug-likeness (QED) is 0.578. The first-order valence-corrected chi connectivity index (χ1v) is 7.87. The van der Waals surface area contributed by atoms with Crippen molar-refractivity contribution in [1.29, 1.82) is 0 Å². The van der Waals surface area contributed by atoms with Crippen molar-refractivity contribution < 1.29 is 4.79 Å². The van der Waals surface area contributed by atoms with Gasteiger partial charge in [0, 0.05) is 21.8 Å². The van der Waals surface area contributed by atoms with Gasteiger partial charge in [0.15, 0.2) is 5.78 Å². The Hall–Kier alpha value is -1.26. The van der Waals surface area contributed by atoms with Gasteiger partial charge in [-0.15, -0.1) is 28.3 Å². The van der Waals surface area contributed by atoms with Gasteiger partial charge in [0.1, 0.15) is 0 Å². The number of aryl methyl sites for hydroxylation is 3. The van der Waals surface area contributed by atoms with Crippen molar-refractivity contribution in [2.45, 2.75) is 32.6 Å². The fourth-order valence-electron chi connectivity index (χ4n) is 2.62. The summed E-state index contributed by atoms with van der Waals surface area (Å²) < 4.78 is 0. The second kappa shape index (κ2) is 7.14. The van der Waals surface area contributed by atoms with Crippen LogP contribution in [-0.4, -0.2) is 10.8 Å². The molecular formula is C17H18BrNOS. The molecule has 3 rings (SSSR count). The summed E-state index contributed by atoms with van der Waals surface area (Å²) in [5.74, 6) is 0.0526. The molecule has 0 fully saturated rings. The number of aromatic nitrogens is 1. The molecule has 0 amide bonds. The lowest BCUT2D eigenvalue weighted by Gasteiger charge is -2.16. The summed E-state index contributed by atoms with van der Waals surface area (Å²) in [4.78, 5) is 18.1. The van der Waals surface area contributed by atoms with Crippen molar-refractivity contribution >= 4 is 40.2 Å². The predicted octanol–water partition coefficient (Wildman–Crippen LogP) is 4.80. The zero-order valence-electron chi connectivity index (χ0n) is 12.0. The highest BCUT2D eigenvalue weighted by atomic mass is 79.9. The molecule has 2 heterocycles. The minimum atomic E-state index is 0. The topological polar surface area (TPSA) is 30.0 Å². The van der Waals surface area contributed by atoms with E-state index in [1.54, 1.807) is 17.4 Å². The zero-order valence-corrected chi connectivity index (χ0v) is 14.5. The highest BCUT2D eigenvalue weighted by Gasteiger charge is 2.15. The average molecular weight is 364 g/mol. The fraction of sp³-hybridized carbons (Fsp3) is 0.294. The van der Waals surface area contributed by atoms with Gasteiger partial charge in [-0.2, -0.15) is 0 Å². The SMILES string of the molecule is Br.Cc1nc2c(cc1C(=O)C=Cc1cccs1)CCCC2. The van der Waals surface area contributed by atoms with Gasteiger partial charge in [-0.1, -0.05) is 6.07 Å². The molecule has 4 heteroatoms. The first-order valence-electron chi connectivity index (χ1n) is 6.99. The summed E-state index contributed by atoms with van der Waals surface area (Å²) in [5, 5.41) is 2.01. The molecule has 2 aromatic rings. The van der Waals surface area contributed by atoms with Gasteiger partial charge < -0.3 is 0 Å². The minimum Gasteiger partial charge on any atom is -0.289 e. The van der Waals surface area contributed by atoms with Gasteiger partial charge in [-0.25, -0.2) is 0 Å². The largest absolute Gasteiger partial charge is 0.289 e. The van der Waals surface area contributed by atoms with Crippen LogP contribution in [0, 0.1) is 6.92 Å². The van der Waals surface area contributed by atoms with E-state index in [2.05, 4.69) is 11.1 Å². The van der Waals surface area contributed by atoms with Crippen LogP contribution in [0.1, 0.15) is 45.0 Å². The number of carbonyl (C=O) groups excluding carboxylic acids is 1. The second-order valence-electron chi connectivity index (χ2n) is 5.15. The molecule has 0 radical (unpaired) electrons. The van der Waals surface area contributed by atoms with Crippen LogP contribution in [0.3, 0.4) is 0 Å². The van der Waals surface area contributed by atoms with Gasteiger partial charge in [-0.05, 0) is 67.8 Å². The number of rotatable bonds is 3. The maximum atomic E-state index is 12.3. The van der Waals surface area contributed by atoms with E-state index in [9.17, 15) is 4.79 Å². The van der Waals surface area contributed by atoms with Crippen LogP contribution >= 0.6 is 28.3 Å². The minimum absolute atomic E-state index is 0. The van der Waals surface area contributed by atoms with Crippen molar-refractivity contribution in [2.75, 3.05) is 0 Å². The molecule has 0 unspecified atom stereocenters. The van der Waals surface area contributed by atoms with E-state index in [0.717, 1.165) is 29.0 Å². The van der Waals surface area contributed by atoms with E-state index in [1.807, 2.05) is 30.5 Å². The van der Waals surface area contributed by atoms with Crippen molar-refractivity contribution in [3.8, 4) is 0 Å². The normalized spacial score (nSPS) is 13.8. The molecule has 0 aliphatic heterocycles. The highest BCUT2D eigenvalue weighted by molar-refractivity contribution is 8.93. The molecule has 0 saturated heterocycles. The van der Waals surface area contributed by atoms with Crippen LogP contribution in [0.2, 0.25) is 0 Å². The molecule has 1 aliphatic carbocycles. The van der Waals surface area contributed by atoms with E-state index in [1.165, 1.54) is 24.1 Å². The Morgan fingerprint density at radius 3 is 2.90 bits per heavy atom. The number of halogens is 1. The van der Waals surface area contributed by atoms with Crippen LogP contribution in [0.15, 0.2) is 29.7 Å². The van der Waals surface area contributed by atoms with Crippen molar-refractivity contribution in [1.82, 2.24) is 4.98 Å². The third-order valence-electron chi connectivity index (χ3n) is 3.70. The first kappa shape index (κ1) is 16.1. The number of thiophene rings is 1. The number of allylic oxidation sites excluding steroid dienone is 1. The Labute approximate surface area is 139 Å². The zero-order chi connectivity index (χ0) is 13.9. The Kier molecular flexibility index (Phi) is 5.48. The van der Waals surface area contributed by atoms with Crippen LogP contribution in [0.5, 0.6) is 0 Å². The summed E-state index contributed by atoms with van der Waals surface area (Å²) in [6.07, 6.45) is 8.06. The van der Waals surface area contributed by atoms with Crippen molar-refractivity contribution in [2.24, 2.45) is 0 Å². The molecule has 0 saturated carbocycles. The number of hydrogen-bond acceptors (Lipinski definition) is 3. The van der Waals surface area contributed by atoms with E-state index in [0.29, 0.717) is 0 Å². The Morgan fingerprint density at radius 1 is 1.33 bits per heavy atom. The maximum Gasteiger partial charge on any atom is 0.187 e. The van der Waals surface area contributed by atoms with Crippen LogP contribution in [-0.2, 0) is 12.8 Å². The molecule has 0 atom stereocenters. The predicted molar refractivity (Wildman–Crippen MR) is 93.6 cm³/mol. The number of pyridine rings is 1. The summed E-state index contributed by atoms with van der Waals surface area (Å²) in [7, 11) is 0. The molecule has 21 heavy (non-hydrogen) atoms. The molecular weight excluding hydrogens is 346 g/mol. The summed E-state index contributed by atoms with van der Waals surface area (Å²) >= 11 is 1.63. The van der Waals surface area contributed by atoms with Crippen LogP contribution in [0.25, 0.3) is 6.08 Å². The van der Waals surface area contributed by atoms with Gasteiger partial charge in [0.2, 0.25) is 0 Å². The first-order chi connectivity index (χ1) is 9.74. The van der Waals surface area contributed by atoms with Gasteiger partial charge >= 0.3 is 0 Å². The third-order valence-corrected chi connectivity index (χ3v) is 4.54. The number of ketones is 1. The average Bonchev–Trinajstić information content (AvgIpc) is 2.97. The molecule has 0 N–H and O–H groups in total. The number of fused-ring (bicyclic) bond motifs is 1. The summed E-state index contributed by atoms with van der Waals surface area (Å²) in [5.41, 5.74) is 4.05. The van der Waals surface area contributed by atoms with Gasteiger partial charge in [-0.3, -0.25) is 9.78 Å². The van der Waals surface area contributed by atoms with E-state index in [4.69, 9.17) is 0 Å². The van der Waals surface area contributed by atoms with Crippen molar-refractivity contribution in [3.63, 3.8) is 0 Å². The summed E-state index contributed by atoms with van der Waals surface area (Å²) in [6, 6.07) is 6.05. The molecule has 0 aromatic carbocycles. The van der Waals surface area contributed by atoms with Crippen molar-refractivity contribution in [3.05, 3.63) is 57.0 Å². The molecule has 2 nitrogen and oxygen atoms in total. The van der Waals surface area contributed by atoms with E-state index >= 15 is 0 Å². The van der Waals surface area contributed by atoms with E-state index in [-0.39, 0.29) is 22.8 Å². The Bertz CT molecular complexity index is 662. The van der Waals surface area contributed by atoms with Crippen LogP contribution < -0.4 is 0 Å². The Morgan fingerprint density at radius 2 is 2.14 bits per heavy atom. The maximum absolute atomic E-state index is 12.3. The van der Waals surface area contributed by atoms with Crippen LogP contribution in [0.4, 0.5) is 0 Å². The number of hydrogen-bond donors (Lipinski definition) is 0. The fourth-order valence-corrected chi connectivity index (χ4v) is 3.24. The van der Waals surface area contributed by atoms with Gasteiger partial charge in [0.25, 0.3) is 0 Å². The number of nitrogens with zero attached hydrogens (tertiary/aromatic N) is 1. The molecule has 0 bridgehead atoms. The highest BCUT2D eigenvalue weighted by Crippen LogP contribution is 2.22. The van der Waals surface area contributed by atoms with Gasteiger partial charge in [0.05, 0.1) is 0 Å². The standard InChI is InChI=1S/C17H17NOS.BrH/c1-12-15(11-13-5-2-3-7-16(13)18-12)17(19)9-8-14-6-4-10-20-14;/h4,6,8-11H,2-3,5,7H2,1H3;1H. The lowest BCUT2D eigenvalue weighted by molar-refractivity contribution is 0.104. The monoisotopic (exact) mass is 363 g/mol. The third kappa shape index (κ3) is 3.69. The second-order valence-corrected chi connectivity index (χ2v) is 6.13. The molecule has 2 aromatic heterocycles. The molecule has 1 aliphatic rings. The number of carbonyl (C=O) groups is 1. The Balaban J connectivity index is 0.00000161. The lowest BCUT2D eigenvalue weighted by atomic mass is 9.93. The van der Waals surface area contributed by atoms with E-state index < -0.39 is 0 Å². The summed E-state index contributed by atoms with van der Waals surface area (Å²) in [6.45, 7) is 1.93. The molecule has 110 valence electrons. The lowest BCUT2D eigenvalue weighted by Crippen LogP contribution is -2.10. The smallest absolute Gasteiger partial charge is 0.187 e. The molecule has 0 spiro atoms.